The van der Waals surface area contributed by atoms with E-state index in [1.807, 2.05) is 0 Å². The summed E-state index contributed by atoms with van der Waals surface area (Å²) in [5.41, 5.74) is 2.46. The van der Waals surface area contributed by atoms with Crippen LogP contribution in [-0.4, -0.2) is 38.8 Å². The van der Waals surface area contributed by atoms with Crippen LogP contribution in [0.25, 0.3) is 11.4 Å². The summed E-state index contributed by atoms with van der Waals surface area (Å²) in [7, 11) is 0. The zero-order valence-electron chi connectivity index (χ0n) is 14.6. The Morgan fingerprint density at radius 2 is 2.30 bits per heavy atom. The second kappa shape index (κ2) is 7.39. The molecule has 1 amide bonds. The second-order valence-electron chi connectivity index (χ2n) is 6.24. The average Bonchev–Trinajstić information content (AvgIpc) is 3.33. The molecular weight excluding hydrogens is 371 g/mol. The van der Waals surface area contributed by atoms with E-state index in [4.69, 9.17) is 4.52 Å². The first-order valence-electron chi connectivity index (χ1n) is 8.56. The molecule has 8 nitrogen and oxygen atoms in total. The number of hydrogen-bond donors (Lipinski definition) is 1. The van der Waals surface area contributed by atoms with Gasteiger partial charge in [-0.1, -0.05) is 16.5 Å². The van der Waals surface area contributed by atoms with Crippen LogP contribution < -0.4 is 10.2 Å². The first kappa shape index (κ1) is 17.5. The molecule has 1 aliphatic rings. The van der Waals surface area contributed by atoms with E-state index in [1.165, 1.54) is 17.4 Å². The lowest BCUT2D eigenvalue weighted by atomic mass is 10.00. The summed E-state index contributed by atoms with van der Waals surface area (Å²) >= 11 is 1.25. The quantitative estimate of drug-likeness (QED) is 0.734. The molecule has 0 spiro atoms. The Bertz CT molecular complexity index is 945. The first-order valence-corrected chi connectivity index (χ1v) is 9.43. The van der Waals surface area contributed by atoms with Crippen molar-refractivity contribution in [3.8, 4) is 11.4 Å². The molecule has 1 saturated heterocycles. The second-order valence-corrected chi connectivity index (χ2v) is 7.07. The van der Waals surface area contributed by atoms with Crippen LogP contribution in [0.15, 0.2) is 28.2 Å². The number of carbonyl (C=O) groups is 1. The average molecular weight is 388 g/mol. The fraction of sp³-hybridized carbons (Fsp3) is 0.353. The predicted molar refractivity (Wildman–Crippen MR) is 98.0 cm³/mol. The summed E-state index contributed by atoms with van der Waals surface area (Å²) in [5.74, 6) is 0.121. The Labute approximate surface area is 158 Å². The predicted octanol–water partition coefficient (Wildman–Crippen LogP) is 3.03. The third-order valence-electron chi connectivity index (χ3n) is 4.44. The van der Waals surface area contributed by atoms with Gasteiger partial charge in [-0.2, -0.15) is 4.98 Å². The van der Waals surface area contributed by atoms with E-state index in [9.17, 15) is 9.18 Å². The number of nitrogens with zero attached hydrogens (tertiary/aromatic N) is 5. The highest BCUT2D eigenvalue weighted by Gasteiger charge is 2.31. The highest BCUT2D eigenvalue weighted by molar-refractivity contribution is 7.13. The van der Waals surface area contributed by atoms with Crippen molar-refractivity contribution in [1.82, 2.24) is 20.3 Å². The maximum absolute atomic E-state index is 14.9. The number of carbonyl (C=O) groups excluding carboxylic acids is 1. The van der Waals surface area contributed by atoms with E-state index in [1.54, 1.807) is 29.5 Å². The topological polar surface area (TPSA) is 97.0 Å². The summed E-state index contributed by atoms with van der Waals surface area (Å²) < 4.78 is 19.8. The van der Waals surface area contributed by atoms with Gasteiger partial charge in [-0.15, -0.1) is 10.2 Å². The van der Waals surface area contributed by atoms with E-state index >= 15 is 0 Å². The zero-order chi connectivity index (χ0) is 18.8. The van der Waals surface area contributed by atoms with E-state index in [-0.39, 0.29) is 5.91 Å². The van der Waals surface area contributed by atoms with Gasteiger partial charge in [0.25, 0.3) is 0 Å². The molecule has 0 aliphatic carbocycles. The third-order valence-corrected chi connectivity index (χ3v) is 5.05. The number of amides is 1. The molecule has 0 bridgehead atoms. The van der Waals surface area contributed by atoms with Crippen molar-refractivity contribution in [3.63, 3.8) is 0 Å². The number of halogens is 1. The van der Waals surface area contributed by atoms with Crippen LogP contribution in [0, 0.1) is 12.7 Å². The number of nitrogens with one attached hydrogen (secondary N) is 1. The minimum atomic E-state index is -0.463. The molecule has 0 radical (unpaired) electrons. The smallest absolute Gasteiger partial charge is 0.248 e. The number of benzene rings is 1. The number of anilines is 2. The van der Waals surface area contributed by atoms with Crippen LogP contribution >= 0.6 is 11.3 Å². The fourth-order valence-corrected chi connectivity index (χ4v) is 3.65. The van der Waals surface area contributed by atoms with Gasteiger partial charge < -0.3 is 9.42 Å². The largest absolute Gasteiger partial charge is 0.357 e. The number of aryl methyl sites for hydroxylation is 1. The maximum atomic E-state index is 14.9. The van der Waals surface area contributed by atoms with Gasteiger partial charge in [0.05, 0.1) is 5.69 Å². The Balaban J connectivity index is 1.58. The van der Waals surface area contributed by atoms with Crippen molar-refractivity contribution in [2.24, 2.45) is 0 Å². The molecule has 1 fully saturated rings. The van der Waals surface area contributed by atoms with Crippen molar-refractivity contribution in [2.75, 3.05) is 16.8 Å². The van der Waals surface area contributed by atoms with Crippen LogP contribution in [-0.2, 0) is 4.79 Å². The molecule has 1 atom stereocenters. The number of rotatable bonds is 4. The molecule has 1 aromatic carbocycles. The van der Waals surface area contributed by atoms with Gasteiger partial charge in [-0.05, 0) is 37.5 Å². The number of piperidine rings is 1. The van der Waals surface area contributed by atoms with Gasteiger partial charge in [-0.3, -0.25) is 10.1 Å². The molecule has 140 valence electrons. The summed E-state index contributed by atoms with van der Waals surface area (Å²) in [6.45, 7) is 2.28. The lowest BCUT2D eigenvalue weighted by molar-refractivity contribution is -0.117. The van der Waals surface area contributed by atoms with Gasteiger partial charge in [0.1, 0.15) is 17.4 Å². The van der Waals surface area contributed by atoms with Crippen LogP contribution in [0.4, 0.5) is 15.2 Å². The SMILES string of the molecule is Cc1nc(-c2ccc(N3CCCCC3C(=O)Nc3nncs3)c(F)c2)no1. The Morgan fingerprint density at radius 1 is 1.41 bits per heavy atom. The minimum Gasteiger partial charge on any atom is -0.357 e. The zero-order valence-corrected chi connectivity index (χ0v) is 15.4. The minimum absolute atomic E-state index is 0.205. The molecule has 4 rings (SSSR count). The van der Waals surface area contributed by atoms with Crippen molar-refractivity contribution < 1.29 is 13.7 Å². The van der Waals surface area contributed by atoms with Gasteiger partial charge in [0.15, 0.2) is 0 Å². The van der Waals surface area contributed by atoms with Crippen molar-refractivity contribution in [2.45, 2.75) is 32.2 Å². The number of hydrogen-bond acceptors (Lipinski definition) is 8. The van der Waals surface area contributed by atoms with E-state index in [0.29, 0.717) is 41.1 Å². The molecule has 2 aromatic heterocycles. The number of aromatic nitrogens is 4. The lowest BCUT2D eigenvalue weighted by Gasteiger charge is -2.36. The monoisotopic (exact) mass is 388 g/mol. The molecule has 0 saturated carbocycles. The van der Waals surface area contributed by atoms with Crippen LogP contribution in [0.3, 0.4) is 0 Å². The Morgan fingerprint density at radius 3 is 3.00 bits per heavy atom. The normalized spacial score (nSPS) is 17.1. The summed E-state index contributed by atoms with van der Waals surface area (Å²) in [6, 6.07) is 4.30. The highest BCUT2D eigenvalue weighted by Crippen LogP contribution is 2.30. The van der Waals surface area contributed by atoms with E-state index < -0.39 is 11.9 Å². The first-order chi connectivity index (χ1) is 13.1. The van der Waals surface area contributed by atoms with Crippen LogP contribution in [0.1, 0.15) is 25.2 Å². The molecule has 1 unspecified atom stereocenters. The molecule has 3 aromatic rings. The molecule has 27 heavy (non-hydrogen) atoms. The van der Waals surface area contributed by atoms with Crippen LogP contribution in [0.5, 0.6) is 0 Å². The summed E-state index contributed by atoms with van der Waals surface area (Å²) in [5, 5.41) is 14.6. The Kier molecular flexibility index (Phi) is 4.80. The summed E-state index contributed by atoms with van der Waals surface area (Å²) in [4.78, 5) is 18.6. The summed E-state index contributed by atoms with van der Waals surface area (Å²) in [6.07, 6.45) is 2.45. The van der Waals surface area contributed by atoms with E-state index in [0.717, 1.165) is 12.8 Å². The van der Waals surface area contributed by atoms with Crippen molar-refractivity contribution in [3.05, 3.63) is 35.4 Å². The standard InChI is InChI=1S/C17H17FN6O2S/c1-10-20-15(23-26-10)11-5-6-13(12(18)8-11)24-7-3-2-4-14(24)16(25)21-17-22-19-9-27-17/h5-6,8-9,14H,2-4,7H2,1H3,(H,21,22,25). The van der Waals surface area contributed by atoms with Crippen molar-refractivity contribution in [1.29, 1.82) is 0 Å². The van der Waals surface area contributed by atoms with Gasteiger partial charge in [0.2, 0.25) is 22.8 Å². The molecule has 10 heteroatoms. The molecule has 1 aliphatic heterocycles. The van der Waals surface area contributed by atoms with Crippen molar-refractivity contribution >= 4 is 28.1 Å². The Hall–Kier alpha value is -2.88. The molecular formula is C17H17FN6O2S. The fourth-order valence-electron chi connectivity index (χ4n) is 3.20. The third kappa shape index (κ3) is 3.65. The highest BCUT2D eigenvalue weighted by atomic mass is 32.1. The lowest BCUT2D eigenvalue weighted by Crippen LogP contribution is -2.47. The van der Waals surface area contributed by atoms with Gasteiger partial charge in [0, 0.05) is 19.0 Å². The van der Waals surface area contributed by atoms with Gasteiger partial charge >= 0.3 is 0 Å². The van der Waals surface area contributed by atoms with E-state index in [2.05, 4.69) is 25.7 Å². The van der Waals surface area contributed by atoms with Gasteiger partial charge in [-0.25, -0.2) is 4.39 Å². The maximum Gasteiger partial charge on any atom is 0.248 e. The molecule has 1 N–H and O–H groups in total. The van der Waals surface area contributed by atoms with Crippen LogP contribution in [0.2, 0.25) is 0 Å². The molecule has 3 heterocycles.